The minimum Gasteiger partial charge on any atom is -0.378 e. The number of amides is 1. The fourth-order valence-electron chi connectivity index (χ4n) is 2.58. The maximum atomic E-state index is 12.3. The summed E-state index contributed by atoms with van der Waals surface area (Å²) in [6, 6.07) is 16.4. The summed E-state index contributed by atoms with van der Waals surface area (Å²) in [7, 11) is 4.07. The zero-order valence-corrected chi connectivity index (χ0v) is 15.1. The average molecular weight is 326 g/mol. The number of benzene rings is 2. The highest BCUT2D eigenvalue weighted by Gasteiger charge is 2.13. The number of nitrogens with zero attached hydrogens (tertiary/aromatic N) is 1. The Morgan fingerprint density at radius 3 is 2.21 bits per heavy atom. The van der Waals surface area contributed by atoms with Gasteiger partial charge in [-0.2, -0.15) is 0 Å². The van der Waals surface area contributed by atoms with Crippen molar-refractivity contribution in [1.29, 1.82) is 0 Å². The Bertz CT molecular complexity index is 648. The molecule has 0 saturated heterocycles. The summed E-state index contributed by atoms with van der Waals surface area (Å²) in [5.74, 6) is 0.0561. The molecule has 1 atom stereocenters. The summed E-state index contributed by atoms with van der Waals surface area (Å²) >= 11 is 0. The molecule has 1 unspecified atom stereocenters. The normalized spacial score (nSPS) is 11.8. The van der Waals surface area contributed by atoms with Gasteiger partial charge < -0.3 is 15.1 Å². The standard InChI is InChI=1S/C20H27N3O/c1-5-23(14-17-8-12-19(13-9-17)22(3)4)15-20(24)21-18-10-6-16(2)7-11-18/h6-13H,5,14-15H2,1-4H3,(H,21,24)/p+1. The lowest BCUT2D eigenvalue weighted by atomic mass is 10.2. The maximum Gasteiger partial charge on any atom is 0.279 e. The van der Waals surface area contributed by atoms with E-state index in [0.717, 1.165) is 18.8 Å². The second-order valence-electron chi connectivity index (χ2n) is 6.43. The third kappa shape index (κ3) is 5.39. The molecule has 2 aromatic rings. The van der Waals surface area contributed by atoms with Crippen molar-refractivity contribution in [2.75, 3.05) is 37.4 Å². The van der Waals surface area contributed by atoms with Crippen molar-refractivity contribution in [3.8, 4) is 0 Å². The van der Waals surface area contributed by atoms with Gasteiger partial charge in [-0.15, -0.1) is 0 Å². The van der Waals surface area contributed by atoms with E-state index >= 15 is 0 Å². The Morgan fingerprint density at radius 1 is 1.04 bits per heavy atom. The molecule has 2 aromatic carbocycles. The van der Waals surface area contributed by atoms with Crippen LogP contribution in [0.25, 0.3) is 0 Å². The number of aryl methyl sites for hydroxylation is 1. The van der Waals surface area contributed by atoms with E-state index in [4.69, 9.17) is 0 Å². The largest absolute Gasteiger partial charge is 0.378 e. The fourth-order valence-corrected chi connectivity index (χ4v) is 2.58. The Labute approximate surface area is 145 Å². The lowest BCUT2D eigenvalue weighted by Gasteiger charge is -2.18. The molecule has 0 aromatic heterocycles. The minimum atomic E-state index is 0.0561. The van der Waals surface area contributed by atoms with Crippen LogP contribution in [0.1, 0.15) is 18.1 Å². The molecule has 2 rings (SSSR count). The Kier molecular flexibility index (Phi) is 6.38. The minimum absolute atomic E-state index is 0.0561. The van der Waals surface area contributed by atoms with Crippen LogP contribution in [0.4, 0.5) is 11.4 Å². The van der Waals surface area contributed by atoms with Crippen LogP contribution in [0.2, 0.25) is 0 Å². The molecule has 24 heavy (non-hydrogen) atoms. The number of carbonyl (C=O) groups excluding carboxylic acids is 1. The summed E-state index contributed by atoms with van der Waals surface area (Å²) < 4.78 is 0. The van der Waals surface area contributed by atoms with E-state index in [1.807, 2.05) is 45.3 Å². The van der Waals surface area contributed by atoms with E-state index in [1.54, 1.807) is 0 Å². The lowest BCUT2D eigenvalue weighted by Crippen LogP contribution is -3.11. The number of likely N-dealkylation sites (N-methyl/N-ethyl adjacent to an activating group) is 1. The number of nitrogens with one attached hydrogen (secondary N) is 2. The number of anilines is 2. The molecule has 0 aliphatic heterocycles. The molecule has 1 amide bonds. The van der Waals surface area contributed by atoms with Crippen molar-refractivity contribution in [2.45, 2.75) is 20.4 Å². The molecule has 0 aliphatic rings. The summed E-state index contributed by atoms with van der Waals surface area (Å²) in [5, 5.41) is 2.98. The van der Waals surface area contributed by atoms with Crippen LogP contribution in [-0.4, -0.2) is 33.1 Å². The number of rotatable bonds is 7. The van der Waals surface area contributed by atoms with Gasteiger partial charge >= 0.3 is 0 Å². The van der Waals surface area contributed by atoms with Gasteiger partial charge in [-0.1, -0.05) is 29.8 Å². The van der Waals surface area contributed by atoms with Crippen LogP contribution in [0.15, 0.2) is 48.5 Å². The highest BCUT2D eigenvalue weighted by molar-refractivity contribution is 5.91. The third-order valence-corrected chi connectivity index (χ3v) is 4.15. The molecule has 4 nitrogen and oxygen atoms in total. The molecule has 2 N–H and O–H groups in total. The number of quaternary nitrogens is 1. The van der Waals surface area contributed by atoms with Crippen molar-refractivity contribution < 1.29 is 9.69 Å². The Morgan fingerprint density at radius 2 is 1.67 bits per heavy atom. The van der Waals surface area contributed by atoms with Crippen molar-refractivity contribution in [2.24, 2.45) is 0 Å². The summed E-state index contributed by atoms with van der Waals surface area (Å²) in [6.45, 7) is 6.39. The number of hydrogen-bond acceptors (Lipinski definition) is 2. The first-order chi connectivity index (χ1) is 11.5. The van der Waals surface area contributed by atoms with E-state index < -0.39 is 0 Å². The first-order valence-corrected chi connectivity index (χ1v) is 8.44. The van der Waals surface area contributed by atoms with E-state index in [2.05, 4.69) is 41.4 Å². The molecule has 0 heterocycles. The molecule has 0 saturated carbocycles. The first kappa shape index (κ1) is 18.0. The van der Waals surface area contributed by atoms with Crippen molar-refractivity contribution in [1.82, 2.24) is 0 Å². The van der Waals surface area contributed by atoms with E-state index in [0.29, 0.717) is 6.54 Å². The summed E-state index contributed by atoms with van der Waals surface area (Å²) in [6.07, 6.45) is 0. The Balaban J connectivity index is 1.91. The van der Waals surface area contributed by atoms with E-state index in [-0.39, 0.29) is 5.91 Å². The van der Waals surface area contributed by atoms with Crippen molar-refractivity contribution in [3.63, 3.8) is 0 Å². The summed E-state index contributed by atoms with van der Waals surface area (Å²) in [4.78, 5) is 15.6. The number of carbonyl (C=O) groups is 1. The topological polar surface area (TPSA) is 36.8 Å². The molecule has 0 fully saturated rings. The van der Waals surface area contributed by atoms with Gasteiger partial charge in [0.05, 0.1) is 6.54 Å². The second kappa shape index (κ2) is 8.50. The van der Waals surface area contributed by atoms with Gasteiger partial charge in [0.1, 0.15) is 6.54 Å². The van der Waals surface area contributed by atoms with Gasteiger partial charge in [0.25, 0.3) is 5.91 Å². The quantitative estimate of drug-likeness (QED) is 0.818. The van der Waals surface area contributed by atoms with Crippen LogP contribution in [0.3, 0.4) is 0 Å². The van der Waals surface area contributed by atoms with Gasteiger partial charge in [0.2, 0.25) is 0 Å². The molecule has 0 bridgehead atoms. The van der Waals surface area contributed by atoms with Crippen molar-refractivity contribution in [3.05, 3.63) is 59.7 Å². The van der Waals surface area contributed by atoms with Crippen molar-refractivity contribution >= 4 is 17.3 Å². The SMILES string of the molecule is CC[NH+](CC(=O)Nc1ccc(C)cc1)Cc1ccc(N(C)C)cc1. The van der Waals surface area contributed by atoms with Gasteiger partial charge in [-0.05, 0) is 38.1 Å². The van der Waals surface area contributed by atoms with Crippen LogP contribution >= 0.6 is 0 Å². The monoisotopic (exact) mass is 326 g/mol. The first-order valence-electron chi connectivity index (χ1n) is 8.44. The van der Waals surface area contributed by atoms with Gasteiger partial charge in [-0.25, -0.2) is 0 Å². The second-order valence-corrected chi connectivity index (χ2v) is 6.43. The molecule has 0 aliphatic carbocycles. The number of hydrogen-bond donors (Lipinski definition) is 2. The van der Waals surface area contributed by atoms with Gasteiger partial charge in [0.15, 0.2) is 6.54 Å². The van der Waals surface area contributed by atoms with E-state index in [1.165, 1.54) is 21.7 Å². The highest BCUT2D eigenvalue weighted by atomic mass is 16.2. The third-order valence-electron chi connectivity index (χ3n) is 4.15. The molecule has 0 radical (unpaired) electrons. The van der Waals surface area contributed by atoms with Crippen LogP contribution in [-0.2, 0) is 11.3 Å². The summed E-state index contributed by atoms with van der Waals surface area (Å²) in [5.41, 5.74) is 4.49. The fraction of sp³-hybridized carbons (Fsp3) is 0.350. The zero-order chi connectivity index (χ0) is 17.5. The lowest BCUT2D eigenvalue weighted by molar-refractivity contribution is -0.903. The van der Waals surface area contributed by atoms with E-state index in [9.17, 15) is 4.79 Å². The maximum absolute atomic E-state index is 12.3. The highest BCUT2D eigenvalue weighted by Crippen LogP contribution is 2.11. The molecule has 4 heteroatoms. The Hall–Kier alpha value is -2.33. The zero-order valence-electron chi connectivity index (χ0n) is 15.1. The molecule has 0 spiro atoms. The van der Waals surface area contributed by atoms with Crippen LogP contribution in [0, 0.1) is 6.92 Å². The molecular weight excluding hydrogens is 298 g/mol. The van der Waals surface area contributed by atoms with Gasteiger partial charge in [0, 0.05) is 31.0 Å². The predicted octanol–water partition coefficient (Wildman–Crippen LogP) is 2.10. The molecule has 128 valence electrons. The average Bonchev–Trinajstić information content (AvgIpc) is 2.56. The van der Waals surface area contributed by atoms with Crippen LogP contribution < -0.4 is 15.1 Å². The van der Waals surface area contributed by atoms with Gasteiger partial charge in [-0.3, -0.25) is 4.79 Å². The smallest absolute Gasteiger partial charge is 0.279 e. The van der Waals surface area contributed by atoms with Crippen LogP contribution in [0.5, 0.6) is 0 Å². The predicted molar refractivity (Wildman–Crippen MR) is 101 cm³/mol. The molecular formula is C20H28N3O+.